The topological polar surface area (TPSA) is 96.5 Å². The maximum atomic E-state index is 12.1. The van der Waals surface area contributed by atoms with Crippen molar-refractivity contribution in [2.24, 2.45) is 0 Å². The van der Waals surface area contributed by atoms with E-state index in [0.717, 1.165) is 24.5 Å². The van der Waals surface area contributed by atoms with Crippen LogP contribution in [0.2, 0.25) is 0 Å². The van der Waals surface area contributed by atoms with Crippen molar-refractivity contribution in [1.29, 1.82) is 0 Å². The van der Waals surface area contributed by atoms with E-state index in [1.807, 2.05) is 31.2 Å². The van der Waals surface area contributed by atoms with Gasteiger partial charge >= 0.3 is 0 Å². The molecule has 2 heterocycles. The number of hydrogen-bond donors (Lipinski definition) is 2. The van der Waals surface area contributed by atoms with Crippen molar-refractivity contribution in [3.63, 3.8) is 0 Å². The van der Waals surface area contributed by atoms with Crippen LogP contribution in [0.5, 0.6) is 0 Å². The molecule has 1 aromatic carbocycles. The van der Waals surface area contributed by atoms with Gasteiger partial charge in [-0.3, -0.25) is 0 Å². The molecule has 9 heteroatoms. The average molecular weight is 391 g/mol. The zero-order valence-corrected chi connectivity index (χ0v) is 16.2. The lowest BCUT2D eigenvalue weighted by Crippen LogP contribution is -2.37. The highest BCUT2D eigenvalue weighted by molar-refractivity contribution is 7.88. The van der Waals surface area contributed by atoms with E-state index in [4.69, 9.17) is 4.74 Å². The van der Waals surface area contributed by atoms with Crippen molar-refractivity contribution in [1.82, 2.24) is 14.7 Å². The molecule has 2 N–H and O–H groups in total. The number of sulfonamides is 1. The predicted molar refractivity (Wildman–Crippen MR) is 105 cm³/mol. The lowest BCUT2D eigenvalue weighted by Gasteiger charge is -2.28. The standard InChI is InChI=1S/C18H25N5O3S/c1-15-21-17(13-18(22-15)23-9-11-26-12-10-23)19-7-8-20-27(24,25)14-16-5-3-2-4-6-16/h2-6,13,20H,7-12,14H2,1H3,(H,19,21,22). The molecule has 1 fully saturated rings. The van der Waals surface area contributed by atoms with Gasteiger partial charge in [0.1, 0.15) is 17.5 Å². The summed E-state index contributed by atoms with van der Waals surface area (Å²) in [4.78, 5) is 11.0. The van der Waals surface area contributed by atoms with E-state index in [1.54, 1.807) is 12.1 Å². The predicted octanol–water partition coefficient (Wildman–Crippen LogP) is 1.15. The number of nitrogens with zero attached hydrogens (tertiary/aromatic N) is 3. The molecule has 1 saturated heterocycles. The van der Waals surface area contributed by atoms with E-state index < -0.39 is 10.0 Å². The van der Waals surface area contributed by atoms with Crippen molar-refractivity contribution in [3.05, 3.63) is 47.8 Å². The third-order valence-corrected chi connectivity index (χ3v) is 5.47. The van der Waals surface area contributed by atoms with Gasteiger partial charge in [0.15, 0.2) is 0 Å². The Balaban J connectivity index is 1.50. The number of aromatic nitrogens is 2. The highest BCUT2D eigenvalue weighted by Gasteiger charge is 2.14. The van der Waals surface area contributed by atoms with Crippen LogP contribution in [0, 0.1) is 6.92 Å². The number of morpholine rings is 1. The Labute approximate surface area is 160 Å². The molecule has 2 aromatic rings. The minimum atomic E-state index is -3.37. The van der Waals surface area contributed by atoms with Crippen LogP contribution in [0.4, 0.5) is 11.6 Å². The Hall–Kier alpha value is -2.23. The second-order valence-electron chi connectivity index (χ2n) is 6.32. The fourth-order valence-electron chi connectivity index (χ4n) is 2.84. The fraction of sp³-hybridized carbons (Fsp3) is 0.444. The van der Waals surface area contributed by atoms with Gasteiger partial charge in [-0.15, -0.1) is 0 Å². The van der Waals surface area contributed by atoms with Crippen molar-refractivity contribution >= 4 is 21.7 Å². The van der Waals surface area contributed by atoms with E-state index in [9.17, 15) is 8.42 Å². The smallest absolute Gasteiger partial charge is 0.215 e. The lowest BCUT2D eigenvalue weighted by atomic mass is 10.2. The van der Waals surface area contributed by atoms with Gasteiger partial charge in [-0.05, 0) is 12.5 Å². The largest absolute Gasteiger partial charge is 0.378 e. The second-order valence-corrected chi connectivity index (χ2v) is 8.13. The normalized spacial score (nSPS) is 14.9. The van der Waals surface area contributed by atoms with Gasteiger partial charge in [0.25, 0.3) is 0 Å². The summed E-state index contributed by atoms with van der Waals surface area (Å²) in [7, 11) is -3.37. The SMILES string of the molecule is Cc1nc(NCCNS(=O)(=O)Cc2ccccc2)cc(N2CCOCC2)n1. The highest BCUT2D eigenvalue weighted by atomic mass is 32.2. The molecule has 0 spiro atoms. The molecule has 0 bridgehead atoms. The van der Waals surface area contributed by atoms with Crippen molar-refractivity contribution in [2.45, 2.75) is 12.7 Å². The van der Waals surface area contributed by atoms with Crippen molar-refractivity contribution in [2.75, 3.05) is 49.6 Å². The van der Waals surface area contributed by atoms with E-state index in [-0.39, 0.29) is 12.3 Å². The van der Waals surface area contributed by atoms with Gasteiger partial charge in [-0.2, -0.15) is 0 Å². The zero-order chi connectivity index (χ0) is 19.1. The summed E-state index contributed by atoms with van der Waals surface area (Å²) in [5.74, 6) is 2.19. The number of aryl methyl sites for hydroxylation is 1. The maximum absolute atomic E-state index is 12.1. The fourth-order valence-corrected chi connectivity index (χ4v) is 3.99. The molecule has 146 valence electrons. The zero-order valence-electron chi connectivity index (χ0n) is 15.4. The molecule has 8 nitrogen and oxygen atoms in total. The van der Waals surface area contributed by atoms with E-state index in [2.05, 4.69) is 24.9 Å². The van der Waals surface area contributed by atoms with Crippen LogP contribution in [0.25, 0.3) is 0 Å². The third-order valence-electron chi connectivity index (χ3n) is 4.11. The first-order chi connectivity index (χ1) is 13.0. The monoisotopic (exact) mass is 391 g/mol. The first-order valence-corrected chi connectivity index (χ1v) is 10.6. The molecule has 1 aliphatic heterocycles. The van der Waals surface area contributed by atoms with E-state index >= 15 is 0 Å². The van der Waals surface area contributed by atoms with Crippen LogP contribution in [-0.2, 0) is 20.5 Å². The van der Waals surface area contributed by atoms with Gasteiger partial charge < -0.3 is 15.0 Å². The van der Waals surface area contributed by atoms with Crippen molar-refractivity contribution in [3.8, 4) is 0 Å². The van der Waals surface area contributed by atoms with Crippen LogP contribution >= 0.6 is 0 Å². The minimum absolute atomic E-state index is 0.0262. The molecule has 0 unspecified atom stereocenters. The Morgan fingerprint density at radius 1 is 1.11 bits per heavy atom. The summed E-state index contributed by atoms with van der Waals surface area (Å²) in [5.41, 5.74) is 0.763. The summed E-state index contributed by atoms with van der Waals surface area (Å²) in [6, 6.07) is 11.0. The third kappa shape index (κ3) is 6.16. The molecule has 27 heavy (non-hydrogen) atoms. The Kier molecular flexibility index (Phi) is 6.59. The van der Waals surface area contributed by atoms with Crippen LogP contribution < -0.4 is 14.9 Å². The number of hydrogen-bond acceptors (Lipinski definition) is 7. The summed E-state index contributed by atoms with van der Waals surface area (Å²) in [6.45, 7) is 5.55. The minimum Gasteiger partial charge on any atom is -0.378 e. The molecular formula is C18H25N5O3S. The van der Waals surface area contributed by atoms with Gasteiger partial charge in [-0.25, -0.2) is 23.1 Å². The number of ether oxygens (including phenoxy) is 1. The van der Waals surface area contributed by atoms with Gasteiger partial charge in [0, 0.05) is 32.2 Å². The molecule has 1 aliphatic rings. The van der Waals surface area contributed by atoms with Gasteiger partial charge in [0.2, 0.25) is 10.0 Å². The lowest BCUT2D eigenvalue weighted by molar-refractivity contribution is 0.122. The molecule has 0 saturated carbocycles. The van der Waals surface area contributed by atoms with Gasteiger partial charge in [-0.1, -0.05) is 30.3 Å². The highest BCUT2D eigenvalue weighted by Crippen LogP contribution is 2.17. The first kappa shape index (κ1) is 19.5. The Morgan fingerprint density at radius 2 is 1.85 bits per heavy atom. The van der Waals surface area contributed by atoms with Crippen LogP contribution in [0.3, 0.4) is 0 Å². The molecule has 0 aliphatic carbocycles. The van der Waals surface area contributed by atoms with E-state index in [1.165, 1.54) is 0 Å². The number of anilines is 2. The van der Waals surface area contributed by atoms with Crippen LogP contribution in [-0.4, -0.2) is 57.8 Å². The molecule has 3 rings (SSSR count). The van der Waals surface area contributed by atoms with Gasteiger partial charge in [0.05, 0.1) is 19.0 Å². The van der Waals surface area contributed by atoms with Crippen LogP contribution in [0.1, 0.15) is 11.4 Å². The maximum Gasteiger partial charge on any atom is 0.215 e. The van der Waals surface area contributed by atoms with E-state index in [0.29, 0.717) is 31.4 Å². The number of benzene rings is 1. The number of nitrogens with one attached hydrogen (secondary N) is 2. The summed E-state index contributed by atoms with van der Waals surface area (Å²) in [6.07, 6.45) is 0. The first-order valence-electron chi connectivity index (χ1n) is 8.95. The summed E-state index contributed by atoms with van der Waals surface area (Å²) >= 11 is 0. The quantitative estimate of drug-likeness (QED) is 0.652. The average Bonchev–Trinajstić information content (AvgIpc) is 2.66. The van der Waals surface area contributed by atoms with Crippen molar-refractivity contribution < 1.29 is 13.2 Å². The van der Waals surface area contributed by atoms with Crippen LogP contribution in [0.15, 0.2) is 36.4 Å². The Bertz CT molecular complexity index is 839. The second kappa shape index (κ2) is 9.12. The summed E-state index contributed by atoms with van der Waals surface area (Å²) in [5, 5.41) is 3.17. The molecule has 0 atom stereocenters. The number of rotatable bonds is 8. The summed E-state index contributed by atoms with van der Waals surface area (Å²) < 4.78 is 32.3. The molecular weight excluding hydrogens is 366 g/mol. The molecule has 0 amide bonds. The molecule has 1 aromatic heterocycles. The molecule has 0 radical (unpaired) electrons. The Morgan fingerprint density at radius 3 is 2.59 bits per heavy atom.